The van der Waals surface area contributed by atoms with Gasteiger partial charge in [-0.15, -0.1) is 0 Å². The summed E-state index contributed by atoms with van der Waals surface area (Å²) in [5.74, 6) is 0.167. The van der Waals surface area contributed by atoms with Crippen LogP contribution in [0.3, 0.4) is 0 Å². The van der Waals surface area contributed by atoms with Crippen molar-refractivity contribution in [2.24, 2.45) is 5.92 Å². The van der Waals surface area contributed by atoms with Crippen molar-refractivity contribution in [2.45, 2.75) is 77.2 Å². The van der Waals surface area contributed by atoms with Crippen molar-refractivity contribution in [1.82, 2.24) is 0 Å². The molecule has 0 bridgehead atoms. The summed E-state index contributed by atoms with van der Waals surface area (Å²) in [5, 5.41) is 1.81. The fourth-order valence-electron chi connectivity index (χ4n) is 4.33. The Kier molecular flexibility index (Phi) is 11.2. The van der Waals surface area contributed by atoms with Crippen LogP contribution in [0.1, 0.15) is 60.8 Å². The van der Waals surface area contributed by atoms with Gasteiger partial charge in [-0.3, -0.25) is 4.18 Å². The normalized spacial score (nSPS) is 14.6. The van der Waals surface area contributed by atoms with Crippen molar-refractivity contribution in [2.75, 3.05) is 6.61 Å². The molecule has 0 aliphatic heterocycles. The molecule has 0 radical (unpaired) electrons. The first-order valence-corrected chi connectivity index (χ1v) is 16.8. The summed E-state index contributed by atoms with van der Waals surface area (Å²) in [6.45, 7) is 16.7. The summed E-state index contributed by atoms with van der Waals surface area (Å²) in [4.78, 5) is 0. The molecule has 0 saturated carbocycles. The number of allylic oxidation sites excluding steroid dienone is 1. The van der Waals surface area contributed by atoms with Gasteiger partial charge in [0, 0.05) is 6.61 Å². The third-order valence-corrected chi connectivity index (χ3v) is 14.2. The standard InChI is InChI=1S/C28H41IO4SSi/c1-22(2)34(30,31)33-25(21-23(3)24(4)29)15-14-20-32-35(28(5,6)7,26-16-10-8-11-17-26)27-18-12-9-13-19-27/h8-13,16-19,22-23,25H,4,14-15,20-21H2,1-3,5-7H3/t23-,25-/m1/s1. The van der Waals surface area contributed by atoms with Crippen molar-refractivity contribution < 1.29 is 17.0 Å². The summed E-state index contributed by atoms with van der Waals surface area (Å²) in [6.07, 6.45) is 1.54. The molecule has 0 aliphatic carbocycles. The number of rotatable bonds is 13. The Hall–Kier alpha value is -1.00. The van der Waals surface area contributed by atoms with E-state index in [2.05, 4.69) is 105 Å². The Morgan fingerprint density at radius 2 is 1.46 bits per heavy atom. The van der Waals surface area contributed by atoms with E-state index in [1.165, 1.54) is 10.4 Å². The second kappa shape index (κ2) is 13.0. The second-order valence-electron chi connectivity index (χ2n) is 10.5. The van der Waals surface area contributed by atoms with Crippen LogP contribution in [0.15, 0.2) is 70.8 Å². The minimum absolute atomic E-state index is 0.0972. The quantitative estimate of drug-likeness (QED) is 0.111. The Balaban J connectivity index is 2.28. The van der Waals surface area contributed by atoms with E-state index in [-0.39, 0.29) is 11.0 Å². The molecule has 0 amide bonds. The highest BCUT2D eigenvalue weighted by molar-refractivity contribution is 14.1. The maximum absolute atomic E-state index is 12.5. The molecular formula is C28H41IO4SSi. The first kappa shape index (κ1) is 30.2. The zero-order valence-electron chi connectivity index (χ0n) is 22.0. The Morgan fingerprint density at radius 1 is 0.971 bits per heavy atom. The van der Waals surface area contributed by atoms with Gasteiger partial charge in [-0.2, -0.15) is 8.42 Å². The molecule has 2 atom stereocenters. The van der Waals surface area contributed by atoms with Crippen molar-refractivity contribution in [1.29, 1.82) is 0 Å². The van der Waals surface area contributed by atoms with Crippen molar-refractivity contribution in [3.8, 4) is 0 Å². The molecular weight excluding hydrogens is 587 g/mol. The Labute approximate surface area is 227 Å². The molecule has 0 unspecified atom stereocenters. The molecule has 0 aromatic heterocycles. The zero-order chi connectivity index (χ0) is 26.3. The van der Waals surface area contributed by atoms with E-state index in [0.29, 0.717) is 25.9 Å². The predicted octanol–water partition coefficient (Wildman–Crippen LogP) is 6.44. The molecule has 194 valence electrons. The van der Waals surface area contributed by atoms with E-state index in [9.17, 15) is 8.42 Å². The topological polar surface area (TPSA) is 52.6 Å². The lowest BCUT2D eigenvalue weighted by Crippen LogP contribution is -2.66. The molecule has 4 nitrogen and oxygen atoms in total. The van der Waals surface area contributed by atoms with Gasteiger partial charge in [0.1, 0.15) is 0 Å². The third kappa shape index (κ3) is 7.99. The highest BCUT2D eigenvalue weighted by atomic mass is 127. The van der Waals surface area contributed by atoms with Crippen molar-refractivity contribution in [3.05, 3.63) is 70.8 Å². The molecule has 7 heteroatoms. The minimum atomic E-state index is -3.61. The van der Waals surface area contributed by atoms with Crippen LogP contribution >= 0.6 is 22.6 Å². The maximum atomic E-state index is 12.5. The van der Waals surface area contributed by atoms with Crippen molar-refractivity contribution >= 4 is 51.4 Å². The lowest BCUT2D eigenvalue weighted by atomic mass is 10.0. The maximum Gasteiger partial charge on any atom is 0.269 e. The van der Waals surface area contributed by atoms with Crippen molar-refractivity contribution in [3.63, 3.8) is 0 Å². The zero-order valence-corrected chi connectivity index (χ0v) is 25.9. The highest BCUT2D eigenvalue weighted by Crippen LogP contribution is 2.37. The fraction of sp³-hybridized carbons (Fsp3) is 0.500. The van der Waals surface area contributed by atoms with Gasteiger partial charge in [0.25, 0.3) is 18.4 Å². The number of hydrogen-bond acceptors (Lipinski definition) is 4. The van der Waals surface area contributed by atoms with Gasteiger partial charge >= 0.3 is 0 Å². The van der Waals surface area contributed by atoms with Crippen LogP contribution in [-0.2, 0) is 18.7 Å². The molecule has 0 N–H and O–H groups in total. The summed E-state index contributed by atoms with van der Waals surface area (Å²) in [6, 6.07) is 21.1. The summed E-state index contributed by atoms with van der Waals surface area (Å²) < 4.78 is 38.7. The highest BCUT2D eigenvalue weighted by Gasteiger charge is 2.50. The number of benzene rings is 2. The lowest BCUT2D eigenvalue weighted by molar-refractivity contribution is 0.161. The van der Waals surface area contributed by atoms with E-state index in [1.807, 2.05) is 12.1 Å². The van der Waals surface area contributed by atoms with Crippen LogP contribution < -0.4 is 10.4 Å². The van der Waals surface area contributed by atoms with Gasteiger partial charge in [0.05, 0.1) is 11.4 Å². The smallest absolute Gasteiger partial charge is 0.269 e. The van der Waals surface area contributed by atoms with Crippen LogP contribution in [0.2, 0.25) is 5.04 Å². The first-order chi connectivity index (χ1) is 16.3. The van der Waals surface area contributed by atoms with Crippen LogP contribution in [0.4, 0.5) is 0 Å². The van der Waals surface area contributed by atoms with Gasteiger partial charge in [-0.1, -0.05) is 94.9 Å². The SMILES string of the molecule is C=C(I)[C@H](C)C[C@@H](CCCO[Si](c1ccccc1)(c1ccccc1)C(C)(C)C)OS(=O)(=O)C(C)C. The van der Waals surface area contributed by atoms with E-state index in [1.54, 1.807) is 13.8 Å². The molecule has 0 aliphatic rings. The van der Waals surface area contributed by atoms with Gasteiger partial charge in [0.2, 0.25) is 0 Å². The predicted molar refractivity (Wildman–Crippen MR) is 159 cm³/mol. The molecule has 0 spiro atoms. The Bertz CT molecular complexity index is 994. The summed E-state index contributed by atoms with van der Waals surface area (Å²) in [7, 11) is -6.22. The van der Waals surface area contributed by atoms with Gasteiger partial charge in [-0.05, 0) is 80.6 Å². The minimum Gasteiger partial charge on any atom is -0.407 e. The lowest BCUT2D eigenvalue weighted by Gasteiger charge is -2.43. The molecule has 2 rings (SSSR count). The molecule has 0 heterocycles. The van der Waals surface area contributed by atoms with Crippen LogP contribution in [0, 0.1) is 5.92 Å². The molecule has 35 heavy (non-hydrogen) atoms. The van der Waals surface area contributed by atoms with E-state index in [4.69, 9.17) is 8.61 Å². The van der Waals surface area contributed by atoms with Crippen LogP contribution in [0.25, 0.3) is 0 Å². The number of hydrogen-bond donors (Lipinski definition) is 0. The monoisotopic (exact) mass is 628 g/mol. The van der Waals surface area contributed by atoms with Crippen LogP contribution in [-0.4, -0.2) is 34.7 Å². The fourth-order valence-corrected chi connectivity index (χ4v) is 9.96. The number of halogens is 1. The molecule has 2 aromatic rings. The van der Waals surface area contributed by atoms with Gasteiger partial charge in [0.15, 0.2) is 0 Å². The Morgan fingerprint density at radius 3 is 1.86 bits per heavy atom. The largest absolute Gasteiger partial charge is 0.407 e. The van der Waals surface area contributed by atoms with Crippen LogP contribution in [0.5, 0.6) is 0 Å². The summed E-state index contributed by atoms with van der Waals surface area (Å²) >= 11 is 2.21. The average Bonchev–Trinajstić information content (AvgIpc) is 2.79. The van der Waals surface area contributed by atoms with Gasteiger partial charge < -0.3 is 4.43 Å². The molecule has 0 saturated heterocycles. The second-order valence-corrected chi connectivity index (χ2v) is 18.3. The van der Waals surface area contributed by atoms with E-state index < -0.39 is 29.8 Å². The molecule has 2 aromatic carbocycles. The van der Waals surface area contributed by atoms with E-state index in [0.717, 1.165) is 3.58 Å². The third-order valence-electron chi connectivity index (χ3n) is 6.40. The van der Waals surface area contributed by atoms with E-state index >= 15 is 0 Å². The average molecular weight is 629 g/mol. The molecule has 0 fully saturated rings. The summed E-state index contributed by atoms with van der Waals surface area (Å²) in [5.41, 5.74) is 0. The first-order valence-electron chi connectivity index (χ1n) is 12.3. The van der Waals surface area contributed by atoms with Gasteiger partial charge in [-0.25, -0.2) is 0 Å².